The first-order valence-electron chi connectivity index (χ1n) is 6.62. The highest BCUT2D eigenvalue weighted by Gasteiger charge is 2.24. The van der Waals surface area contributed by atoms with E-state index >= 15 is 0 Å². The van der Waals surface area contributed by atoms with Crippen molar-refractivity contribution in [3.63, 3.8) is 0 Å². The topological polar surface area (TPSA) is 15.3 Å². The van der Waals surface area contributed by atoms with Gasteiger partial charge in [-0.25, -0.2) is 0 Å². The molecule has 0 saturated carbocycles. The van der Waals surface area contributed by atoms with Gasteiger partial charge in [0.2, 0.25) is 0 Å². The first-order valence-corrected chi connectivity index (χ1v) is 8.20. The average Bonchev–Trinajstić information content (AvgIpc) is 2.40. The Bertz CT molecular complexity index is 463. The van der Waals surface area contributed by atoms with Crippen LogP contribution in [-0.4, -0.2) is 31.1 Å². The summed E-state index contributed by atoms with van der Waals surface area (Å²) in [5.74, 6) is 0. The Labute approximate surface area is 156 Å². The average molecular weight is 461 g/mol. The molecule has 1 aliphatic rings. The Morgan fingerprint density at radius 1 is 1.29 bits per heavy atom. The van der Waals surface area contributed by atoms with Crippen LogP contribution in [0.25, 0.3) is 0 Å². The maximum Gasteiger partial charge on any atom is 0.0397 e. The molecule has 21 heavy (non-hydrogen) atoms. The van der Waals surface area contributed by atoms with Gasteiger partial charge in [-0.15, -0.1) is 31.4 Å². The fourth-order valence-electron chi connectivity index (χ4n) is 2.53. The minimum absolute atomic E-state index is 0. The molecular formula is C15H22Br2Cl2N2. The first-order chi connectivity index (χ1) is 9.08. The third-order valence-corrected chi connectivity index (χ3v) is 4.67. The maximum absolute atomic E-state index is 4.10. The Hall–Kier alpha value is 0.420. The highest BCUT2D eigenvalue weighted by Crippen LogP contribution is 2.34. The molecule has 0 aromatic heterocycles. The molecule has 0 aliphatic carbocycles. The third-order valence-electron chi connectivity index (χ3n) is 3.45. The van der Waals surface area contributed by atoms with Crippen molar-refractivity contribution in [2.24, 2.45) is 0 Å². The lowest BCUT2D eigenvalue weighted by atomic mass is 9.98. The van der Waals surface area contributed by atoms with Crippen LogP contribution in [0.15, 0.2) is 39.3 Å². The fraction of sp³-hybridized carbons (Fsp3) is 0.467. The zero-order chi connectivity index (χ0) is 13.8. The number of rotatable bonds is 4. The summed E-state index contributed by atoms with van der Waals surface area (Å²) in [6.45, 7) is 10.5. The van der Waals surface area contributed by atoms with Gasteiger partial charge in [-0.05, 0) is 37.1 Å². The van der Waals surface area contributed by atoms with Crippen LogP contribution >= 0.6 is 56.7 Å². The van der Waals surface area contributed by atoms with Crippen molar-refractivity contribution >= 4 is 56.7 Å². The largest absolute Gasteiger partial charge is 0.314 e. The molecule has 1 atom stereocenters. The molecule has 1 fully saturated rings. The first kappa shape index (κ1) is 21.4. The van der Waals surface area contributed by atoms with Gasteiger partial charge in [0.1, 0.15) is 0 Å². The van der Waals surface area contributed by atoms with Crippen LogP contribution in [0, 0.1) is 0 Å². The lowest BCUT2D eigenvalue weighted by Crippen LogP contribution is -2.45. The van der Waals surface area contributed by atoms with Crippen molar-refractivity contribution in [1.29, 1.82) is 0 Å². The van der Waals surface area contributed by atoms with Crippen molar-refractivity contribution < 1.29 is 0 Å². The van der Waals surface area contributed by atoms with Gasteiger partial charge in [-0.1, -0.05) is 37.4 Å². The molecule has 1 aliphatic heterocycles. The van der Waals surface area contributed by atoms with Crippen LogP contribution in [0.1, 0.15) is 24.9 Å². The van der Waals surface area contributed by atoms with E-state index in [1.165, 1.54) is 15.6 Å². The van der Waals surface area contributed by atoms with Crippen molar-refractivity contribution in [1.82, 2.24) is 10.2 Å². The Balaban J connectivity index is 0.00000200. The standard InChI is InChI=1S/C15H20Br2N2.2ClH/c1-11(2)9-15(19-7-5-18-6-8-19)13-10-12(16)3-4-14(13)17;;/h3-4,10,15,18H,1,5-9H2,2H3;2*1H/t15-;;/m0../s1. The van der Waals surface area contributed by atoms with Crippen molar-refractivity contribution in [2.45, 2.75) is 19.4 Å². The van der Waals surface area contributed by atoms with Gasteiger partial charge in [0.15, 0.2) is 0 Å². The smallest absolute Gasteiger partial charge is 0.0397 e. The number of hydrogen-bond donors (Lipinski definition) is 1. The van der Waals surface area contributed by atoms with Crippen LogP contribution in [0.5, 0.6) is 0 Å². The van der Waals surface area contributed by atoms with Gasteiger partial charge in [0, 0.05) is 41.2 Å². The number of piperazine rings is 1. The van der Waals surface area contributed by atoms with E-state index < -0.39 is 0 Å². The monoisotopic (exact) mass is 458 g/mol. The van der Waals surface area contributed by atoms with Crippen molar-refractivity contribution in [2.75, 3.05) is 26.2 Å². The van der Waals surface area contributed by atoms with Gasteiger partial charge in [-0.2, -0.15) is 0 Å². The van der Waals surface area contributed by atoms with E-state index in [1.54, 1.807) is 0 Å². The van der Waals surface area contributed by atoms with E-state index in [1.807, 2.05) is 0 Å². The van der Waals surface area contributed by atoms with Gasteiger partial charge >= 0.3 is 0 Å². The summed E-state index contributed by atoms with van der Waals surface area (Å²) in [7, 11) is 0. The summed E-state index contributed by atoms with van der Waals surface area (Å²) in [5, 5.41) is 3.42. The molecule has 2 nitrogen and oxygen atoms in total. The SMILES string of the molecule is C=C(C)C[C@@H](c1cc(Br)ccc1Br)N1CCNCC1.Cl.Cl. The Morgan fingerprint density at radius 2 is 1.90 bits per heavy atom. The molecule has 1 N–H and O–H groups in total. The molecule has 0 radical (unpaired) electrons. The Morgan fingerprint density at radius 3 is 2.48 bits per heavy atom. The molecule has 120 valence electrons. The number of nitrogens with zero attached hydrogens (tertiary/aromatic N) is 1. The molecule has 0 bridgehead atoms. The summed E-state index contributed by atoms with van der Waals surface area (Å²) < 4.78 is 2.31. The van der Waals surface area contributed by atoms with Crippen LogP contribution in [-0.2, 0) is 0 Å². The number of hydrogen-bond acceptors (Lipinski definition) is 2. The van der Waals surface area contributed by atoms with E-state index in [0.717, 1.165) is 37.1 Å². The highest BCUT2D eigenvalue weighted by atomic mass is 79.9. The van der Waals surface area contributed by atoms with E-state index in [4.69, 9.17) is 0 Å². The quantitative estimate of drug-likeness (QED) is 0.638. The van der Waals surface area contributed by atoms with E-state index in [-0.39, 0.29) is 24.8 Å². The van der Waals surface area contributed by atoms with Crippen LogP contribution < -0.4 is 5.32 Å². The second kappa shape index (κ2) is 10.2. The fourth-order valence-corrected chi connectivity index (χ4v) is 3.42. The van der Waals surface area contributed by atoms with Gasteiger partial charge < -0.3 is 5.32 Å². The van der Waals surface area contributed by atoms with Crippen LogP contribution in [0.3, 0.4) is 0 Å². The molecule has 0 amide bonds. The minimum Gasteiger partial charge on any atom is -0.314 e. The minimum atomic E-state index is 0. The van der Waals surface area contributed by atoms with E-state index in [2.05, 4.69) is 73.8 Å². The summed E-state index contributed by atoms with van der Waals surface area (Å²) in [5.41, 5.74) is 2.58. The van der Waals surface area contributed by atoms with Crippen LogP contribution in [0.2, 0.25) is 0 Å². The molecular weight excluding hydrogens is 439 g/mol. The summed E-state index contributed by atoms with van der Waals surface area (Å²) in [6.07, 6.45) is 1.01. The predicted molar refractivity (Wildman–Crippen MR) is 103 cm³/mol. The summed E-state index contributed by atoms with van der Waals surface area (Å²) in [6, 6.07) is 6.82. The maximum atomic E-state index is 4.10. The van der Waals surface area contributed by atoms with Crippen molar-refractivity contribution in [3.05, 3.63) is 44.9 Å². The van der Waals surface area contributed by atoms with Gasteiger partial charge in [-0.3, -0.25) is 4.90 Å². The molecule has 1 saturated heterocycles. The second-order valence-corrected chi connectivity index (χ2v) is 6.90. The zero-order valence-electron chi connectivity index (χ0n) is 12.1. The highest BCUT2D eigenvalue weighted by molar-refractivity contribution is 9.11. The molecule has 1 aromatic carbocycles. The molecule has 2 rings (SSSR count). The summed E-state index contributed by atoms with van der Waals surface area (Å²) in [4.78, 5) is 2.55. The third kappa shape index (κ3) is 6.20. The predicted octanol–water partition coefficient (Wildman–Crippen LogP) is 4.97. The molecule has 0 unspecified atom stereocenters. The van der Waals surface area contributed by atoms with Crippen molar-refractivity contribution in [3.8, 4) is 0 Å². The van der Waals surface area contributed by atoms with E-state index in [0.29, 0.717) is 6.04 Å². The van der Waals surface area contributed by atoms with Gasteiger partial charge in [0.25, 0.3) is 0 Å². The van der Waals surface area contributed by atoms with E-state index in [9.17, 15) is 0 Å². The lowest BCUT2D eigenvalue weighted by Gasteiger charge is -2.36. The zero-order valence-corrected chi connectivity index (χ0v) is 16.9. The van der Waals surface area contributed by atoms with Crippen LogP contribution in [0.4, 0.5) is 0 Å². The number of nitrogens with one attached hydrogen (secondary N) is 1. The van der Waals surface area contributed by atoms with Gasteiger partial charge in [0.05, 0.1) is 0 Å². The second-order valence-electron chi connectivity index (χ2n) is 5.13. The molecule has 1 heterocycles. The molecule has 6 heteroatoms. The summed E-state index contributed by atoms with van der Waals surface area (Å²) >= 11 is 7.28. The normalized spacial score (nSPS) is 16.5. The number of halogens is 4. The molecule has 1 aromatic rings. The molecule has 0 spiro atoms. The lowest BCUT2D eigenvalue weighted by molar-refractivity contribution is 0.172. The number of benzene rings is 1. The Kier molecular flexibility index (Phi) is 10.4.